The van der Waals surface area contributed by atoms with E-state index in [1.807, 2.05) is 6.26 Å². The molecule has 0 aliphatic rings. The standard InChI is InChI=1S/C7H14N2O4S.C5H11NO2S.C3H7NO3.C3H7NO2S/c8-4(6(10)11)1-2-14-3-5(9)7(12)13;1-9-3-2-4(6)5(7)8;4-2(1-5)3(6)7;4-2(1-7)3(5)6/h4-5H,1-3,8-9H2,(H,10,11)(H,12,13);4H,2-3,6H2,1H3,(H,7,8);2,5H,1,4H2,(H,6,7);2,7H,1,4H2,(H,5,6)/t4-,5?;4-;2*2-/m0000/s1. The van der Waals surface area contributed by atoms with Gasteiger partial charge in [0, 0.05) is 11.5 Å². The van der Waals surface area contributed by atoms with E-state index in [1.54, 1.807) is 11.8 Å². The summed E-state index contributed by atoms with van der Waals surface area (Å²) in [6, 6.07) is -4.41. The van der Waals surface area contributed by atoms with Crippen LogP contribution in [0.1, 0.15) is 12.8 Å². The fourth-order valence-corrected chi connectivity index (χ4v) is 2.77. The van der Waals surface area contributed by atoms with Gasteiger partial charge in [-0.3, -0.25) is 24.0 Å². The minimum absolute atomic E-state index is 0.190. The summed E-state index contributed by atoms with van der Waals surface area (Å²) < 4.78 is 0. The molecule has 0 aromatic carbocycles. The molecule has 19 heteroatoms. The van der Waals surface area contributed by atoms with E-state index in [0.717, 1.165) is 5.75 Å². The van der Waals surface area contributed by atoms with Crippen molar-refractivity contribution in [1.29, 1.82) is 0 Å². The van der Waals surface area contributed by atoms with Gasteiger partial charge in [0.15, 0.2) is 0 Å². The number of nitrogens with two attached hydrogens (primary N) is 5. The molecule has 16 N–H and O–H groups in total. The predicted octanol–water partition coefficient (Wildman–Crippen LogP) is -3.20. The highest BCUT2D eigenvalue weighted by molar-refractivity contribution is 7.99. The molecule has 0 saturated carbocycles. The van der Waals surface area contributed by atoms with Crippen LogP contribution in [0.25, 0.3) is 0 Å². The molecular formula is C18H39N5O11S3. The Morgan fingerprint density at radius 2 is 1.00 bits per heavy atom. The maximum absolute atomic E-state index is 10.3. The van der Waals surface area contributed by atoms with Crippen LogP contribution in [-0.2, 0) is 24.0 Å². The lowest BCUT2D eigenvalue weighted by molar-refractivity contribution is -0.140. The summed E-state index contributed by atoms with van der Waals surface area (Å²) in [6.45, 7) is -0.505. The first kappa shape index (κ1) is 42.3. The number of aliphatic hydroxyl groups is 1. The molecule has 0 bridgehead atoms. The van der Waals surface area contributed by atoms with Crippen LogP contribution in [0.3, 0.4) is 0 Å². The number of carboxylic acids is 5. The van der Waals surface area contributed by atoms with Crippen molar-refractivity contribution in [3.8, 4) is 0 Å². The molecule has 0 amide bonds. The van der Waals surface area contributed by atoms with Crippen LogP contribution in [0, 0.1) is 0 Å². The summed E-state index contributed by atoms with van der Waals surface area (Å²) in [6.07, 6.45) is 2.79. The first-order valence-corrected chi connectivity index (χ1v) is 13.4. The molecule has 0 aromatic rings. The number of carboxylic acid groups (broad SMARTS) is 5. The lowest BCUT2D eigenvalue weighted by Crippen LogP contribution is -2.33. The number of hydrogen-bond acceptors (Lipinski definition) is 14. The smallest absolute Gasteiger partial charge is 0.322 e. The summed E-state index contributed by atoms with van der Waals surface area (Å²) in [5.74, 6) is -3.44. The van der Waals surface area contributed by atoms with Crippen molar-refractivity contribution < 1.29 is 54.6 Å². The van der Waals surface area contributed by atoms with Crippen LogP contribution in [-0.4, -0.2) is 127 Å². The molecule has 0 aliphatic heterocycles. The molecule has 0 spiro atoms. The van der Waals surface area contributed by atoms with E-state index in [-0.39, 0.29) is 11.5 Å². The lowest BCUT2D eigenvalue weighted by atomic mass is 10.2. The summed E-state index contributed by atoms with van der Waals surface area (Å²) >= 11 is 6.54. The van der Waals surface area contributed by atoms with Crippen molar-refractivity contribution in [2.75, 3.05) is 35.9 Å². The molecule has 1 unspecified atom stereocenters. The van der Waals surface area contributed by atoms with E-state index in [1.165, 1.54) is 11.8 Å². The topological polar surface area (TPSA) is 337 Å². The van der Waals surface area contributed by atoms with Crippen molar-refractivity contribution in [3.63, 3.8) is 0 Å². The highest BCUT2D eigenvalue weighted by atomic mass is 32.2. The molecule has 5 atom stereocenters. The van der Waals surface area contributed by atoms with Crippen LogP contribution in [0.5, 0.6) is 0 Å². The second kappa shape index (κ2) is 27.2. The lowest BCUT2D eigenvalue weighted by Gasteiger charge is -2.07. The Balaban J connectivity index is -0.000000206. The van der Waals surface area contributed by atoms with E-state index < -0.39 is 66.7 Å². The van der Waals surface area contributed by atoms with Gasteiger partial charge in [0.25, 0.3) is 0 Å². The maximum Gasteiger partial charge on any atom is 0.322 e. The Morgan fingerprint density at radius 1 is 0.649 bits per heavy atom. The zero-order chi connectivity index (χ0) is 30.1. The first-order valence-electron chi connectivity index (χ1n) is 10.2. The van der Waals surface area contributed by atoms with Crippen molar-refractivity contribution in [1.82, 2.24) is 0 Å². The summed E-state index contributed by atoms with van der Waals surface area (Å²) in [5.41, 5.74) is 25.4. The van der Waals surface area contributed by atoms with Crippen LogP contribution >= 0.6 is 36.2 Å². The van der Waals surface area contributed by atoms with Crippen LogP contribution in [0.2, 0.25) is 0 Å². The van der Waals surface area contributed by atoms with Crippen LogP contribution < -0.4 is 28.7 Å². The Kier molecular flexibility index (Phi) is 31.1. The van der Waals surface area contributed by atoms with Crippen molar-refractivity contribution >= 4 is 66.0 Å². The number of rotatable bonds is 15. The zero-order valence-electron chi connectivity index (χ0n) is 20.2. The van der Waals surface area contributed by atoms with Gasteiger partial charge in [0.05, 0.1) is 6.61 Å². The quantitative estimate of drug-likeness (QED) is 0.0652. The van der Waals surface area contributed by atoms with E-state index in [4.69, 9.17) is 59.3 Å². The third kappa shape index (κ3) is 32.1. The number of thioether (sulfide) groups is 2. The van der Waals surface area contributed by atoms with Crippen molar-refractivity contribution in [2.45, 2.75) is 43.1 Å². The molecule has 0 aromatic heterocycles. The second-order valence-electron chi connectivity index (χ2n) is 6.73. The second-order valence-corrected chi connectivity index (χ2v) is 9.23. The molecule has 16 nitrogen and oxygen atoms in total. The fourth-order valence-electron chi connectivity index (χ4n) is 1.14. The first-order chi connectivity index (χ1) is 17.0. The van der Waals surface area contributed by atoms with Gasteiger partial charge >= 0.3 is 29.8 Å². The summed E-state index contributed by atoms with van der Waals surface area (Å²) in [4.78, 5) is 50.0. The number of aliphatic hydroxyl groups excluding tert-OH is 1. The normalized spacial score (nSPS) is 13.8. The monoisotopic (exact) mass is 597 g/mol. The molecule has 0 rings (SSSR count). The molecule has 0 fully saturated rings. The van der Waals surface area contributed by atoms with E-state index >= 15 is 0 Å². The van der Waals surface area contributed by atoms with Gasteiger partial charge in [-0.15, -0.1) is 0 Å². The third-order valence-corrected chi connectivity index (χ3v) is 5.64. The summed E-state index contributed by atoms with van der Waals surface area (Å²) in [7, 11) is 0. The van der Waals surface area contributed by atoms with E-state index in [2.05, 4.69) is 12.6 Å². The Labute approximate surface area is 228 Å². The minimum atomic E-state index is -1.18. The molecule has 37 heavy (non-hydrogen) atoms. The molecule has 0 heterocycles. The Bertz CT molecular complexity index is 623. The van der Waals surface area contributed by atoms with Crippen molar-refractivity contribution in [2.24, 2.45) is 28.7 Å². The van der Waals surface area contributed by atoms with Gasteiger partial charge in [-0.1, -0.05) is 0 Å². The highest BCUT2D eigenvalue weighted by Crippen LogP contribution is 2.05. The molecule has 0 radical (unpaired) electrons. The molecular weight excluding hydrogens is 558 g/mol. The number of hydrogen-bond donors (Lipinski definition) is 12. The maximum atomic E-state index is 10.3. The molecule has 0 aliphatic carbocycles. The van der Waals surface area contributed by atoms with Crippen molar-refractivity contribution in [3.05, 3.63) is 0 Å². The van der Waals surface area contributed by atoms with E-state index in [0.29, 0.717) is 18.6 Å². The number of thiol groups is 1. The predicted molar refractivity (Wildman–Crippen MR) is 144 cm³/mol. The van der Waals surface area contributed by atoms with Crippen LogP contribution in [0.15, 0.2) is 0 Å². The van der Waals surface area contributed by atoms with E-state index in [9.17, 15) is 24.0 Å². The van der Waals surface area contributed by atoms with Gasteiger partial charge in [0.1, 0.15) is 30.2 Å². The average molecular weight is 598 g/mol. The Morgan fingerprint density at radius 3 is 1.22 bits per heavy atom. The fraction of sp³-hybridized carbons (Fsp3) is 0.722. The number of carbonyl (C=O) groups is 5. The van der Waals surface area contributed by atoms with Gasteiger partial charge < -0.3 is 59.3 Å². The summed E-state index contributed by atoms with van der Waals surface area (Å²) in [5, 5.41) is 49.0. The van der Waals surface area contributed by atoms with Gasteiger partial charge in [-0.25, -0.2) is 0 Å². The zero-order valence-corrected chi connectivity index (χ0v) is 22.7. The highest BCUT2D eigenvalue weighted by Gasteiger charge is 2.13. The average Bonchev–Trinajstić information content (AvgIpc) is 2.84. The SMILES string of the molecule is CSCC[C@H](N)C(=O)O.NC(CSCC[C@H](N)C(=O)O)C(=O)O.N[C@@H](CO)C(=O)O.N[C@@H](CS)C(=O)O. The minimum Gasteiger partial charge on any atom is -0.480 e. The number of aliphatic carboxylic acids is 5. The van der Waals surface area contributed by atoms with Gasteiger partial charge in [-0.2, -0.15) is 36.2 Å². The van der Waals surface area contributed by atoms with Gasteiger partial charge in [0.2, 0.25) is 0 Å². The molecule has 220 valence electrons. The Hall–Kier alpha value is -1.84. The van der Waals surface area contributed by atoms with Crippen LogP contribution in [0.4, 0.5) is 0 Å². The third-order valence-electron chi connectivity index (χ3n) is 3.48. The largest absolute Gasteiger partial charge is 0.480 e. The molecule has 0 saturated heterocycles. The van der Waals surface area contributed by atoms with Gasteiger partial charge in [-0.05, 0) is 30.6 Å².